The number of hydrogen-bond acceptors (Lipinski definition) is 3. The predicted molar refractivity (Wildman–Crippen MR) is 24.9 cm³/mol. The predicted octanol–water partition coefficient (Wildman–Crippen LogP) is -2.84. The quantitative estimate of drug-likeness (QED) is 0.312. The molecule has 0 aliphatic rings. The van der Waals surface area contributed by atoms with Gasteiger partial charge in [-0.05, 0) is 0 Å². The third kappa shape index (κ3) is 24.1. The highest BCUT2D eigenvalue weighted by Crippen LogP contribution is 1.55. The van der Waals surface area contributed by atoms with E-state index in [1.54, 1.807) is 0 Å². The van der Waals surface area contributed by atoms with E-state index in [2.05, 4.69) is 4.18 Å². The van der Waals surface area contributed by atoms with Gasteiger partial charge in [0.1, 0.15) is 11.9 Å². The second-order valence-electron chi connectivity index (χ2n) is 0.333. The summed E-state index contributed by atoms with van der Waals surface area (Å²) in [5.74, 6) is 0. The summed E-state index contributed by atoms with van der Waals surface area (Å²) in [4.78, 5) is 0. The lowest BCUT2D eigenvalue weighted by Crippen LogP contribution is -1.81. The fourth-order valence-electron chi connectivity index (χ4n) is 0.0236. The highest BCUT2D eigenvalue weighted by molar-refractivity contribution is 7.60. The van der Waals surface area contributed by atoms with Crippen molar-refractivity contribution in [2.24, 2.45) is 0 Å². The molecule has 0 heterocycles. The van der Waals surface area contributed by atoms with Gasteiger partial charge in [-0.3, -0.25) is 4.18 Å². The molecule has 6 heteroatoms. The molecule has 0 bridgehead atoms. The van der Waals surface area contributed by atoms with E-state index in [9.17, 15) is 0 Å². The van der Waals surface area contributed by atoms with Crippen LogP contribution < -0.4 is 0 Å². The van der Waals surface area contributed by atoms with Crippen molar-refractivity contribution < 1.29 is 24.5 Å². The lowest BCUT2D eigenvalue weighted by molar-refractivity contribution is 0.116. The number of rotatable bonds is 2. The Kier molecular flexibility index (Phi) is 37.5. The van der Waals surface area contributed by atoms with Gasteiger partial charge in [-0.25, -0.2) is 4.21 Å². The second-order valence-corrected chi connectivity index (χ2v) is 0.740. The third-order valence-corrected chi connectivity index (χ3v) is 0.331. The van der Waals surface area contributed by atoms with Crippen LogP contribution in [-0.4, -0.2) is 27.1 Å². The van der Waals surface area contributed by atoms with Crippen molar-refractivity contribution in [1.29, 1.82) is 0 Å². The molecule has 0 aromatic heterocycles. The highest BCUT2D eigenvalue weighted by Gasteiger charge is 1.62. The number of thiol groups is 1. The van der Waals surface area contributed by atoms with Crippen LogP contribution in [0.4, 0.5) is 0 Å². The Balaban J connectivity index is -0.0000000800. The molecule has 0 saturated heterocycles. The van der Waals surface area contributed by atoms with Crippen molar-refractivity contribution in [3.63, 3.8) is 0 Å². The molecule has 0 amide bonds. The first-order chi connectivity index (χ1) is 2.41. The van der Waals surface area contributed by atoms with Gasteiger partial charge < -0.3 is 16.1 Å². The minimum atomic E-state index is -0.481. The standard InChI is InChI=1S/CH4O3S.2H2O/c2-1-4-5-3;;/h2,5H,1H2;2*1H2. The van der Waals surface area contributed by atoms with E-state index in [1.807, 2.05) is 0 Å². The lowest BCUT2D eigenvalue weighted by atomic mass is 11.6. The summed E-state index contributed by atoms with van der Waals surface area (Å²) in [5.41, 5.74) is 0. The molecule has 5 N–H and O–H groups in total. The van der Waals surface area contributed by atoms with Gasteiger partial charge in [0.15, 0.2) is 6.79 Å². The molecule has 48 valence electrons. The molecule has 0 radical (unpaired) electrons. The Bertz CT molecular complexity index is 29.3. The molecule has 0 saturated carbocycles. The van der Waals surface area contributed by atoms with E-state index < -0.39 is 18.7 Å². The van der Waals surface area contributed by atoms with Crippen LogP contribution in [0.5, 0.6) is 0 Å². The zero-order valence-electron chi connectivity index (χ0n) is 3.42. The van der Waals surface area contributed by atoms with Crippen molar-refractivity contribution in [2.45, 2.75) is 0 Å². The summed E-state index contributed by atoms with van der Waals surface area (Å²) in [6.45, 7) is -0.481. The summed E-state index contributed by atoms with van der Waals surface area (Å²) >= 11 is -0.470. The van der Waals surface area contributed by atoms with Gasteiger partial charge in [-0.1, -0.05) is 0 Å². The molecule has 0 atom stereocenters. The Morgan fingerprint density at radius 1 is 1.57 bits per heavy atom. The monoisotopic (exact) mass is 132 g/mol. The van der Waals surface area contributed by atoms with Gasteiger partial charge in [-0.15, -0.1) is 0 Å². The van der Waals surface area contributed by atoms with Crippen LogP contribution in [0.2, 0.25) is 0 Å². The molecule has 0 spiro atoms. The topological polar surface area (TPSA) is 110 Å². The van der Waals surface area contributed by atoms with Crippen molar-refractivity contribution in [3.05, 3.63) is 0 Å². The first-order valence-electron chi connectivity index (χ1n) is 0.970. The van der Waals surface area contributed by atoms with Gasteiger partial charge in [0.2, 0.25) is 0 Å². The molecule has 7 heavy (non-hydrogen) atoms. The van der Waals surface area contributed by atoms with Crippen LogP contribution in [0.25, 0.3) is 0 Å². The van der Waals surface area contributed by atoms with Crippen LogP contribution in [0, 0.1) is 0 Å². The Morgan fingerprint density at radius 2 is 2.00 bits per heavy atom. The number of hydrogen-bond donors (Lipinski definition) is 2. The van der Waals surface area contributed by atoms with Crippen molar-refractivity contribution in [3.8, 4) is 0 Å². The van der Waals surface area contributed by atoms with E-state index in [1.165, 1.54) is 0 Å². The van der Waals surface area contributed by atoms with Crippen LogP contribution >= 0.6 is 0 Å². The average Bonchev–Trinajstić information content (AvgIpc) is 1.41. The second kappa shape index (κ2) is 16.7. The smallest absolute Gasteiger partial charge is 0.159 e. The van der Waals surface area contributed by atoms with Crippen LogP contribution in [0.15, 0.2) is 0 Å². The molecule has 0 fully saturated rings. The van der Waals surface area contributed by atoms with Gasteiger partial charge in [-0.2, -0.15) is 0 Å². The van der Waals surface area contributed by atoms with E-state index in [4.69, 9.17) is 9.32 Å². The van der Waals surface area contributed by atoms with Gasteiger partial charge in [0, 0.05) is 0 Å². The fourth-order valence-corrected chi connectivity index (χ4v) is 0.0707. The summed E-state index contributed by atoms with van der Waals surface area (Å²) in [6.07, 6.45) is 0. The van der Waals surface area contributed by atoms with Crippen LogP contribution in [0.3, 0.4) is 0 Å². The summed E-state index contributed by atoms with van der Waals surface area (Å²) in [5, 5.41) is 7.64. The van der Waals surface area contributed by atoms with Gasteiger partial charge in [0.05, 0.1) is 0 Å². The maximum Gasteiger partial charge on any atom is 0.159 e. The van der Waals surface area contributed by atoms with Gasteiger partial charge >= 0.3 is 0 Å². The molecule has 0 aromatic carbocycles. The first kappa shape index (κ1) is 15.8. The molecule has 0 unspecified atom stereocenters. The maximum absolute atomic E-state index is 9.12. The normalized spacial score (nSPS) is 5.86. The zero-order valence-corrected chi connectivity index (χ0v) is 4.31. The number of aliphatic hydroxyl groups is 1. The highest BCUT2D eigenvalue weighted by atomic mass is 32.2. The Labute approximate surface area is 44.2 Å². The number of aliphatic hydroxyl groups excluding tert-OH is 1. The molecular formula is CH8O5S. The minimum absolute atomic E-state index is 0. The Hall–Kier alpha value is -0.0100. The van der Waals surface area contributed by atoms with E-state index in [-0.39, 0.29) is 11.0 Å². The molecule has 5 nitrogen and oxygen atoms in total. The Morgan fingerprint density at radius 3 is 2.00 bits per heavy atom. The minimum Gasteiger partial charge on any atom is -0.412 e. The lowest BCUT2D eigenvalue weighted by Gasteiger charge is -1.75. The summed E-state index contributed by atoms with van der Waals surface area (Å²) < 4.78 is 12.9. The molecular weight excluding hydrogens is 124 g/mol. The summed E-state index contributed by atoms with van der Waals surface area (Å²) in [7, 11) is 0. The molecule has 0 aromatic rings. The van der Waals surface area contributed by atoms with Gasteiger partial charge in [0.25, 0.3) is 0 Å². The maximum atomic E-state index is 9.12. The molecule has 0 rings (SSSR count). The van der Waals surface area contributed by atoms with Crippen LogP contribution in [-0.2, 0) is 16.1 Å². The van der Waals surface area contributed by atoms with Crippen molar-refractivity contribution in [1.82, 2.24) is 0 Å². The van der Waals surface area contributed by atoms with E-state index in [0.29, 0.717) is 0 Å². The van der Waals surface area contributed by atoms with E-state index in [0.717, 1.165) is 0 Å². The van der Waals surface area contributed by atoms with Crippen LogP contribution in [0.1, 0.15) is 0 Å². The average molecular weight is 132 g/mol. The van der Waals surface area contributed by atoms with E-state index >= 15 is 0 Å². The largest absolute Gasteiger partial charge is 0.412 e. The third-order valence-electron chi connectivity index (χ3n) is 0.110. The molecule has 0 aliphatic carbocycles. The zero-order chi connectivity index (χ0) is 4.12. The SMILES string of the molecule is O.O.O=[SH]OCO. The summed E-state index contributed by atoms with van der Waals surface area (Å²) in [6, 6.07) is 0. The fraction of sp³-hybridized carbons (Fsp3) is 1.00. The van der Waals surface area contributed by atoms with Crippen molar-refractivity contribution in [2.75, 3.05) is 6.79 Å². The first-order valence-corrected chi connectivity index (χ1v) is 1.70. The van der Waals surface area contributed by atoms with Crippen molar-refractivity contribution >= 4 is 11.9 Å². The molecule has 0 aliphatic heterocycles.